The van der Waals surface area contributed by atoms with Crippen LogP contribution < -0.4 is 0 Å². The zero-order valence-electron chi connectivity index (χ0n) is 14.0. The fourth-order valence-electron chi connectivity index (χ4n) is 3.72. The molecule has 1 aromatic rings. The summed E-state index contributed by atoms with van der Waals surface area (Å²) >= 11 is 5.97. The van der Waals surface area contributed by atoms with Crippen molar-refractivity contribution in [3.05, 3.63) is 34.9 Å². The number of hydrogen-bond acceptors (Lipinski definition) is 2. The molecule has 1 aliphatic carbocycles. The lowest BCUT2D eigenvalue weighted by Crippen LogP contribution is -2.52. The number of piperazine rings is 1. The van der Waals surface area contributed by atoms with E-state index in [4.69, 9.17) is 11.6 Å². The fraction of sp³-hybridized carbons (Fsp3) is 0.579. The van der Waals surface area contributed by atoms with E-state index < -0.39 is 0 Å². The molecule has 0 aromatic heterocycles. The summed E-state index contributed by atoms with van der Waals surface area (Å²) in [6.45, 7) is 2.60. The van der Waals surface area contributed by atoms with Crippen molar-refractivity contribution in [3.63, 3.8) is 0 Å². The van der Waals surface area contributed by atoms with Crippen LogP contribution in [-0.4, -0.2) is 47.8 Å². The zero-order chi connectivity index (χ0) is 16.9. The summed E-state index contributed by atoms with van der Waals surface area (Å²) in [5, 5.41) is 0.656. The summed E-state index contributed by atoms with van der Waals surface area (Å²) < 4.78 is 0. The third-order valence-electron chi connectivity index (χ3n) is 5.14. The van der Waals surface area contributed by atoms with Crippen LogP contribution in [0.3, 0.4) is 0 Å². The first-order valence-electron chi connectivity index (χ1n) is 8.94. The van der Waals surface area contributed by atoms with Crippen molar-refractivity contribution >= 4 is 23.4 Å². The van der Waals surface area contributed by atoms with Crippen LogP contribution in [0.15, 0.2) is 24.3 Å². The second-order valence-corrected chi connectivity index (χ2v) is 7.28. The van der Waals surface area contributed by atoms with Gasteiger partial charge in [0.15, 0.2) is 0 Å². The third-order valence-corrected chi connectivity index (χ3v) is 5.38. The summed E-state index contributed by atoms with van der Waals surface area (Å²) in [5.41, 5.74) is 0.938. The lowest BCUT2D eigenvalue weighted by molar-refractivity contribution is -0.142. The molecule has 130 valence electrons. The average Bonchev–Trinajstić information content (AvgIpc) is 2.62. The van der Waals surface area contributed by atoms with Gasteiger partial charge in [0.1, 0.15) is 0 Å². The van der Waals surface area contributed by atoms with E-state index in [0.29, 0.717) is 43.5 Å². The second-order valence-electron chi connectivity index (χ2n) is 6.85. The molecule has 2 aliphatic rings. The first kappa shape index (κ1) is 17.3. The predicted octanol–water partition coefficient (Wildman–Crippen LogP) is 3.13. The van der Waals surface area contributed by atoms with Gasteiger partial charge >= 0.3 is 0 Å². The van der Waals surface area contributed by atoms with Crippen LogP contribution in [-0.2, 0) is 16.0 Å². The highest BCUT2D eigenvalue weighted by atomic mass is 35.5. The Morgan fingerprint density at radius 3 is 2.33 bits per heavy atom. The minimum Gasteiger partial charge on any atom is -0.339 e. The molecule has 24 heavy (non-hydrogen) atoms. The molecule has 0 N–H and O–H groups in total. The molecular weight excluding hydrogens is 324 g/mol. The molecule has 4 nitrogen and oxygen atoms in total. The number of benzene rings is 1. The molecule has 2 amide bonds. The maximum atomic E-state index is 12.6. The van der Waals surface area contributed by atoms with E-state index in [1.165, 1.54) is 19.3 Å². The minimum atomic E-state index is 0.113. The van der Waals surface area contributed by atoms with E-state index in [2.05, 4.69) is 0 Å². The second kappa shape index (κ2) is 8.02. The van der Waals surface area contributed by atoms with Gasteiger partial charge in [-0.1, -0.05) is 43.0 Å². The maximum absolute atomic E-state index is 12.6. The van der Waals surface area contributed by atoms with Crippen molar-refractivity contribution in [1.82, 2.24) is 9.80 Å². The molecule has 0 unspecified atom stereocenters. The lowest BCUT2D eigenvalue weighted by Gasteiger charge is -2.37. The van der Waals surface area contributed by atoms with Gasteiger partial charge in [-0.15, -0.1) is 0 Å². The summed E-state index contributed by atoms with van der Waals surface area (Å²) in [5.74, 6) is 0.631. The highest BCUT2D eigenvalue weighted by Gasteiger charge is 2.29. The molecule has 0 radical (unpaired) electrons. The van der Waals surface area contributed by atoms with Gasteiger partial charge in [-0.2, -0.15) is 0 Å². The van der Waals surface area contributed by atoms with E-state index in [0.717, 1.165) is 18.4 Å². The molecule has 5 heteroatoms. The molecule has 3 rings (SSSR count). The summed E-state index contributed by atoms with van der Waals surface area (Å²) in [6, 6.07) is 7.44. The molecule has 0 atom stereocenters. The normalized spacial score (nSPS) is 19.4. The molecule has 0 bridgehead atoms. The maximum Gasteiger partial charge on any atom is 0.227 e. The SMILES string of the molecule is O=C(Cc1cccc(Cl)c1)N1CCN(C(=O)C2CCCCC2)CC1. The van der Waals surface area contributed by atoms with E-state index in [1.807, 2.05) is 34.1 Å². The van der Waals surface area contributed by atoms with Gasteiger partial charge in [0.2, 0.25) is 11.8 Å². The van der Waals surface area contributed by atoms with Crippen molar-refractivity contribution in [1.29, 1.82) is 0 Å². The first-order valence-corrected chi connectivity index (χ1v) is 9.32. The molecule has 2 fully saturated rings. The van der Waals surface area contributed by atoms with Crippen LogP contribution in [0.5, 0.6) is 0 Å². The van der Waals surface area contributed by atoms with Gasteiger partial charge in [0.05, 0.1) is 6.42 Å². The van der Waals surface area contributed by atoms with Gasteiger partial charge in [-0.25, -0.2) is 0 Å². The van der Waals surface area contributed by atoms with Crippen LogP contribution in [0.1, 0.15) is 37.7 Å². The number of amides is 2. The smallest absolute Gasteiger partial charge is 0.227 e. The summed E-state index contributed by atoms with van der Waals surface area (Å²) in [6.07, 6.45) is 6.05. The molecule has 1 saturated carbocycles. The molecule has 1 aliphatic heterocycles. The van der Waals surface area contributed by atoms with E-state index >= 15 is 0 Å². The molecule has 1 aromatic carbocycles. The highest BCUT2D eigenvalue weighted by molar-refractivity contribution is 6.30. The van der Waals surface area contributed by atoms with Gasteiger partial charge in [0.25, 0.3) is 0 Å². The van der Waals surface area contributed by atoms with Crippen LogP contribution in [0, 0.1) is 5.92 Å². The predicted molar refractivity (Wildman–Crippen MR) is 94.9 cm³/mol. The Kier molecular flexibility index (Phi) is 5.77. The Balaban J connectivity index is 1.49. The number of carbonyl (C=O) groups is 2. The molecule has 1 heterocycles. The summed E-state index contributed by atoms with van der Waals surface area (Å²) in [4.78, 5) is 28.8. The quantitative estimate of drug-likeness (QED) is 0.842. The lowest BCUT2D eigenvalue weighted by atomic mass is 9.88. The van der Waals surface area contributed by atoms with Crippen LogP contribution in [0.2, 0.25) is 5.02 Å². The monoisotopic (exact) mass is 348 g/mol. The number of halogens is 1. The van der Waals surface area contributed by atoms with Crippen molar-refractivity contribution in [3.8, 4) is 0 Å². The topological polar surface area (TPSA) is 40.6 Å². The van der Waals surface area contributed by atoms with Gasteiger partial charge in [0, 0.05) is 37.1 Å². The van der Waals surface area contributed by atoms with Crippen LogP contribution in [0.25, 0.3) is 0 Å². The standard InChI is InChI=1S/C19H25ClN2O2/c20-17-8-4-5-15(13-17)14-18(23)21-9-11-22(12-10-21)19(24)16-6-2-1-3-7-16/h4-5,8,13,16H,1-3,6-7,9-12,14H2. The minimum absolute atomic E-state index is 0.113. The van der Waals surface area contributed by atoms with E-state index in [-0.39, 0.29) is 11.8 Å². The highest BCUT2D eigenvalue weighted by Crippen LogP contribution is 2.26. The largest absolute Gasteiger partial charge is 0.339 e. The number of nitrogens with zero attached hydrogens (tertiary/aromatic N) is 2. The van der Waals surface area contributed by atoms with Gasteiger partial charge < -0.3 is 9.80 Å². The molecule has 1 saturated heterocycles. The number of rotatable bonds is 3. The van der Waals surface area contributed by atoms with Gasteiger partial charge in [-0.3, -0.25) is 9.59 Å². The summed E-state index contributed by atoms with van der Waals surface area (Å²) in [7, 11) is 0. The number of hydrogen-bond donors (Lipinski definition) is 0. The Hall–Kier alpha value is -1.55. The third kappa shape index (κ3) is 4.29. The van der Waals surface area contributed by atoms with Crippen LogP contribution in [0.4, 0.5) is 0 Å². The fourth-order valence-corrected chi connectivity index (χ4v) is 3.93. The Bertz CT molecular complexity index is 591. The van der Waals surface area contributed by atoms with Crippen molar-refractivity contribution in [2.45, 2.75) is 38.5 Å². The first-order chi connectivity index (χ1) is 11.6. The molecular formula is C19H25ClN2O2. The zero-order valence-corrected chi connectivity index (χ0v) is 14.8. The van der Waals surface area contributed by atoms with Gasteiger partial charge in [-0.05, 0) is 30.5 Å². The van der Waals surface area contributed by atoms with Crippen molar-refractivity contribution < 1.29 is 9.59 Å². The Labute approximate surface area is 148 Å². The van der Waals surface area contributed by atoms with E-state index in [1.54, 1.807) is 0 Å². The van der Waals surface area contributed by atoms with E-state index in [9.17, 15) is 9.59 Å². The van der Waals surface area contributed by atoms with Crippen molar-refractivity contribution in [2.24, 2.45) is 5.92 Å². The van der Waals surface area contributed by atoms with Crippen LogP contribution >= 0.6 is 11.6 Å². The average molecular weight is 349 g/mol. The van der Waals surface area contributed by atoms with Crippen molar-refractivity contribution in [2.75, 3.05) is 26.2 Å². The Morgan fingerprint density at radius 1 is 1.00 bits per heavy atom. The number of carbonyl (C=O) groups excluding carboxylic acids is 2. The Morgan fingerprint density at radius 2 is 1.67 bits per heavy atom. The molecule has 0 spiro atoms.